The number of carbonyl (C=O) groups is 1. The molecule has 1 aromatic heterocycles. The fourth-order valence-corrected chi connectivity index (χ4v) is 2.49. The number of rotatable bonds is 8. The van der Waals surface area contributed by atoms with Crippen LogP contribution in [0.25, 0.3) is 0 Å². The molecule has 0 aromatic carbocycles. The number of amides is 1. The Morgan fingerprint density at radius 2 is 2.10 bits per heavy atom. The predicted molar refractivity (Wildman–Crippen MR) is 87.2 cm³/mol. The molecule has 1 rings (SSSR count). The lowest BCUT2D eigenvalue weighted by atomic mass is 10.0. The lowest BCUT2D eigenvalue weighted by Gasteiger charge is -2.18. The standard InChI is InChI=1S/C15H24BrN3O/c1-4-6-8-12(7-5-2)19-15(20)13-9-11(16)10-18-14(13)17-3/h9-10,12H,4-8H2,1-3H3,(H,17,18)(H,19,20). The second-order valence-electron chi connectivity index (χ2n) is 4.90. The Bertz CT molecular complexity index is 437. The molecule has 5 heteroatoms. The van der Waals surface area contributed by atoms with E-state index in [1.54, 1.807) is 19.3 Å². The molecule has 20 heavy (non-hydrogen) atoms. The first-order valence-electron chi connectivity index (χ1n) is 7.26. The van der Waals surface area contributed by atoms with E-state index in [9.17, 15) is 4.79 Å². The van der Waals surface area contributed by atoms with Gasteiger partial charge in [0.15, 0.2) is 0 Å². The van der Waals surface area contributed by atoms with Gasteiger partial charge in [0.05, 0.1) is 5.56 Å². The topological polar surface area (TPSA) is 54.0 Å². The quantitative estimate of drug-likeness (QED) is 0.751. The second-order valence-corrected chi connectivity index (χ2v) is 5.82. The van der Waals surface area contributed by atoms with Crippen LogP contribution >= 0.6 is 15.9 Å². The van der Waals surface area contributed by atoms with E-state index in [0.29, 0.717) is 11.4 Å². The van der Waals surface area contributed by atoms with Gasteiger partial charge in [0, 0.05) is 23.8 Å². The molecule has 0 spiro atoms. The van der Waals surface area contributed by atoms with Crippen molar-refractivity contribution in [2.24, 2.45) is 0 Å². The zero-order chi connectivity index (χ0) is 15.0. The van der Waals surface area contributed by atoms with Crippen LogP contribution in [0.5, 0.6) is 0 Å². The molecule has 0 aliphatic carbocycles. The van der Waals surface area contributed by atoms with Crippen molar-refractivity contribution < 1.29 is 4.79 Å². The van der Waals surface area contributed by atoms with E-state index in [4.69, 9.17) is 0 Å². The lowest BCUT2D eigenvalue weighted by molar-refractivity contribution is 0.0932. The Morgan fingerprint density at radius 1 is 1.35 bits per heavy atom. The van der Waals surface area contributed by atoms with Crippen molar-refractivity contribution in [3.05, 3.63) is 22.3 Å². The van der Waals surface area contributed by atoms with Gasteiger partial charge in [-0.1, -0.05) is 33.1 Å². The van der Waals surface area contributed by atoms with Crippen molar-refractivity contribution in [2.75, 3.05) is 12.4 Å². The fraction of sp³-hybridized carbons (Fsp3) is 0.600. The molecular formula is C15H24BrN3O. The average molecular weight is 342 g/mol. The van der Waals surface area contributed by atoms with E-state index in [-0.39, 0.29) is 11.9 Å². The maximum atomic E-state index is 12.4. The Morgan fingerprint density at radius 3 is 2.70 bits per heavy atom. The van der Waals surface area contributed by atoms with E-state index in [0.717, 1.165) is 36.6 Å². The highest BCUT2D eigenvalue weighted by Gasteiger charge is 2.16. The molecule has 1 atom stereocenters. The number of hydrogen-bond donors (Lipinski definition) is 2. The van der Waals surface area contributed by atoms with Gasteiger partial charge < -0.3 is 10.6 Å². The van der Waals surface area contributed by atoms with Gasteiger partial charge in [-0.2, -0.15) is 0 Å². The first kappa shape index (κ1) is 17.0. The van der Waals surface area contributed by atoms with Crippen molar-refractivity contribution in [2.45, 2.75) is 52.0 Å². The van der Waals surface area contributed by atoms with Gasteiger partial charge in [0.25, 0.3) is 5.91 Å². The van der Waals surface area contributed by atoms with Crippen molar-refractivity contribution in [3.8, 4) is 0 Å². The van der Waals surface area contributed by atoms with Gasteiger partial charge in [0.2, 0.25) is 0 Å². The number of pyridine rings is 1. The normalized spacial score (nSPS) is 12.0. The van der Waals surface area contributed by atoms with Crippen LogP contribution in [-0.2, 0) is 0 Å². The van der Waals surface area contributed by atoms with Crippen molar-refractivity contribution >= 4 is 27.7 Å². The largest absolute Gasteiger partial charge is 0.372 e. The van der Waals surface area contributed by atoms with Gasteiger partial charge in [-0.05, 0) is 34.8 Å². The first-order valence-corrected chi connectivity index (χ1v) is 8.05. The maximum Gasteiger partial charge on any atom is 0.255 e. The molecule has 1 heterocycles. The summed E-state index contributed by atoms with van der Waals surface area (Å²) < 4.78 is 0.808. The van der Waals surface area contributed by atoms with E-state index < -0.39 is 0 Å². The minimum absolute atomic E-state index is 0.0577. The molecule has 1 amide bonds. The summed E-state index contributed by atoms with van der Waals surface area (Å²) >= 11 is 3.36. The van der Waals surface area contributed by atoms with Gasteiger partial charge in [-0.15, -0.1) is 0 Å². The highest BCUT2D eigenvalue weighted by molar-refractivity contribution is 9.10. The van der Waals surface area contributed by atoms with E-state index >= 15 is 0 Å². The number of halogens is 1. The van der Waals surface area contributed by atoms with E-state index in [2.05, 4.69) is 45.4 Å². The number of nitrogens with zero attached hydrogens (tertiary/aromatic N) is 1. The minimum Gasteiger partial charge on any atom is -0.372 e. The summed E-state index contributed by atoms with van der Waals surface area (Å²) in [5.41, 5.74) is 0.583. The Hall–Kier alpha value is -1.10. The monoisotopic (exact) mass is 341 g/mol. The predicted octanol–water partition coefficient (Wildman–Crippen LogP) is 3.97. The van der Waals surface area contributed by atoms with Crippen molar-refractivity contribution in [1.29, 1.82) is 0 Å². The Kier molecular flexibility index (Phi) is 7.59. The third-order valence-electron chi connectivity index (χ3n) is 3.21. The van der Waals surface area contributed by atoms with Crippen molar-refractivity contribution in [3.63, 3.8) is 0 Å². The summed E-state index contributed by atoms with van der Waals surface area (Å²) in [6, 6.07) is 2.05. The van der Waals surface area contributed by atoms with Crippen molar-refractivity contribution in [1.82, 2.24) is 10.3 Å². The highest BCUT2D eigenvalue weighted by Crippen LogP contribution is 2.18. The third kappa shape index (κ3) is 5.12. The van der Waals surface area contributed by atoms with E-state index in [1.807, 2.05) is 0 Å². The molecule has 0 aliphatic rings. The number of aromatic nitrogens is 1. The van der Waals surface area contributed by atoms with E-state index in [1.165, 1.54) is 0 Å². The summed E-state index contributed by atoms with van der Waals surface area (Å²) in [6.07, 6.45) is 7.10. The molecule has 1 unspecified atom stereocenters. The number of hydrogen-bond acceptors (Lipinski definition) is 3. The van der Waals surface area contributed by atoms with Crippen LogP contribution < -0.4 is 10.6 Å². The molecule has 1 aromatic rings. The smallest absolute Gasteiger partial charge is 0.255 e. The number of nitrogens with one attached hydrogen (secondary N) is 2. The summed E-state index contributed by atoms with van der Waals surface area (Å²) in [5.74, 6) is 0.550. The maximum absolute atomic E-state index is 12.4. The molecule has 0 fully saturated rings. The van der Waals surface area contributed by atoms with Crippen LogP contribution in [0.3, 0.4) is 0 Å². The molecule has 0 bridgehead atoms. The number of carbonyl (C=O) groups excluding carboxylic acids is 1. The summed E-state index contributed by atoms with van der Waals surface area (Å²) in [5, 5.41) is 6.09. The molecule has 2 N–H and O–H groups in total. The van der Waals surface area contributed by atoms with Gasteiger partial charge in [-0.25, -0.2) is 4.98 Å². The molecule has 112 valence electrons. The van der Waals surface area contributed by atoms with Gasteiger partial charge in [0.1, 0.15) is 5.82 Å². The zero-order valence-electron chi connectivity index (χ0n) is 12.5. The highest BCUT2D eigenvalue weighted by atomic mass is 79.9. The molecule has 0 radical (unpaired) electrons. The Labute approximate surface area is 129 Å². The lowest BCUT2D eigenvalue weighted by Crippen LogP contribution is -2.35. The van der Waals surface area contributed by atoms with Crippen LogP contribution in [0.15, 0.2) is 16.7 Å². The van der Waals surface area contributed by atoms with Crippen LogP contribution in [0, 0.1) is 0 Å². The minimum atomic E-state index is -0.0577. The molecule has 0 saturated heterocycles. The van der Waals surface area contributed by atoms with Crippen LogP contribution in [0.4, 0.5) is 5.82 Å². The fourth-order valence-electron chi connectivity index (χ4n) is 2.16. The summed E-state index contributed by atoms with van der Waals surface area (Å²) in [4.78, 5) is 16.6. The number of unbranched alkanes of at least 4 members (excludes halogenated alkanes) is 1. The zero-order valence-corrected chi connectivity index (χ0v) is 14.1. The second kappa shape index (κ2) is 8.95. The van der Waals surface area contributed by atoms with Gasteiger partial charge >= 0.3 is 0 Å². The van der Waals surface area contributed by atoms with Crippen LogP contribution in [-0.4, -0.2) is 24.0 Å². The molecule has 0 aliphatic heterocycles. The van der Waals surface area contributed by atoms with Crippen LogP contribution in [0.1, 0.15) is 56.3 Å². The molecule has 0 saturated carbocycles. The Balaban J connectivity index is 2.79. The van der Waals surface area contributed by atoms with Gasteiger partial charge in [-0.3, -0.25) is 4.79 Å². The first-order chi connectivity index (χ1) is 9.62. The molecular weight excluding hydrogens is 318 g/mol. The van der Waals surface area contributed by atoms with Crippen LogP contribution in [0.2, 0.25) is 0 Å². The molecule has 4 nitrogen and oxygen atoms in total. The summed E-state index contributed by atoms with van der Waals surface area (Å²) in [7, 11) is 1.77. The average Bonchev–Trinajstić information content (AvgIpc) is 2.44. The SMILES string of the molecule is CCCCC(CCC)NC(=O)c1cc(Br)cnc1NC. The summed E-state index contributed by atoms with van der Waals surface area (Å²) in [6.45, 7) is 4.31. The third-order valence-corrected chi connectivity index (χ3v) is 3.65. The number of anilines is 1.